The number of methoxy groups -OCH3 is 1. The van der Waals surface area contributed by atoms with Gasteiger partial charge in [0.2, 0.25) is 6.54 Å². The summed E-state index contributed by atoms with van der Waals surface area (Å²) in [5.41, 5.74) is -1.28. The van der Waals surface area contributed by atoms with Crippen LogP contribution >= 0.6 is 0 Å². The van der Waals surface area contributed by atoms with Gasteiger partial charge >= 0.3 is 6.09 Å². The summed E-state index contributed by atoms with van der Waals surface area (Å²) in [6.07, 6.45) is -0.0373. The van der Waals surface area contributed by atoms with Gasteiger partial charge in [0.05, 0.1) is 7.11 Å². The minimum atomic E-state index is -1.28. The third-order valence-electron chi connectivity index (χ3n) is 2.55. The van der Waals surface area contributed by atoms with Gasteiger partial charge in [0.25, 0.3) is 0 Å². The Hall–Kier alpha value is -1.37. The van der Waals surface area contributed by atoms with Crippen molar-refractivity contribution in [2.75, 3.05) is 26.7 Å². The van der Waals surface area contributed by atoms with E-state index in [2.05, 4.69) is 4.74 Å². The van der Waals surface area contributed by atoms with Gasteiger partial charge in [-0.05, 0) is 0 Å². The molecule has 7 heteroatoms. The van der Waals surface area contributed by atoms with Gasteiger partial charge in [-0.15, -0.1) is 0 Å². The molecule has 1 saturated heterocycles. The average molecular weight is 218 g/mol. The summed E-state index contributed by atoms with van der Waals surface area (Å²) in [6.45, 7) is 0.107. The molecule has 1 fully saturated rings. The van der Waals surface area contributed by atoms with Crippen molar-refractivity contribution in [3.05, 3.63) is 10.1 Å². The lowest BCUT2D eigenvalue weighted by atomic mass is 9.92. The van der Waals surface area contributed by atoms with Crippen LogP contribution in [0.25, 0.3) is 0 Å². The Morgan fingerprint density at radius 3 is 2.53 bits per heavy atom. The van der Waals surface area contributed by atoms with Gasteiger partial charge in [0.1, 0.15) is 5.60 Å². The third-order valence-corrected chi connectivity index (χ3v) is 2.55. The van der Waals surface area contributed by atoms with Crippen molar-refractivity contribution < 1.29 is 19.6 Å². The number of piperidine rings is 1. The Labute approximate surface area is 86.8 Å². The molecule has 1 heterocycles. The maximum absolute atomic E-state index is 11.1. The minimum absolute atomic E-state index is 0.211. The Kier molecular flexibility index (Phi) is 3.46. The van der Waals surface area contributed by atoms with Crippen LogP contribution in [0.1, 0.15) is 12.8 Å². The van der Waals surface area contributed by atoms with E-state index in [0.29, 0.717) is 0 Å². The smallest absolute Gasteiger partial charge is 0.409 e. The van der Waals surface area contributed by atoms with Crippen LogP contribution < -0.4 is 0 Å². The Morgan fingerprint density at radius 2 is 2.13 bits per heavy atom. The molecule has 0 unspecified atom stereocenters. The molecule has 1 rings (SSSR count). The van der Waals surface area contributed by atoms with Gasteiger partial charge in [-0.2, -0.15) is 0 Å². The fourth-order valence-electron chi connectivity index (χ4n) is 1.63. The molecule has 0 radical (unpaired) electrons. The van der Waals surface area contributed by atoms with Gasteiger partial charge in [-0.3, -0.25) is 10.1 Å². The molecule has 0 aromatic heterocycles. The summed E-state index contributed by atoms with van der Waals surface area (Å²) in [6, 6.07) is 0. The average Bonchev–Trinajstić information content (AvgIpc) is 2.16. The maximum Gasteiger partial charge on any atom is 0.409 e. The Bertz CT molecular complexity index is 260. The second-order valence-electron chi connectivity index (χ2n) is 3.67. The predicted octanol–water partition coefficient (Wildman–Crippen LogP) is -0.144. The van der Waals surface area contributed by atoms with Crippen LogP contribution in [0.4, 0.5) is 4.79 Å². The molecule has 0 saturated carbocycles. The highest BCUT2D eigenvalue weighted by Crippen LogP contribution is 2.22. The van der Waals surface area contributed by atoms with Crippen molar-refractivity contribution >= 4 is 6.09 Å². The Balaban J connectivity index is 2.47. The summed E-state index contributed by atoms with van der Waals surface area (Å²) in [5.74, 6) is 0. The number of amides is 1. The van der Waals surface area contributed by atoms with Gasteiger partial charge < -0.3 is 14.7 Å². The number of carbonyl (C=O) groups excluding carboxylic acids is 1. The SMILES string of the molecule is COC(=O)N1CCC(O)(C[N+](=O)[O-])CC1. The summed E-state index contributed by atoms with van der Waals surface area (Å²) < 4.78 is 4.51. The van der Waals surface area contributed by atoms with Crippen molar-refractivity contribution in [1.82, 2.24) is 4.90 Å². The van der Waals surface area contributed by atoms with Crippen molar-refractivity contribution in [2.24, 2.45) is 0 Å². The molecule has 0 spiro atoms. The zero-order valence-corrected chi connectivity index (χ0v) is 8.51. The first-order valence-corrected chi connectivity index (χ1v) is 4.64. The number of carbonyl (C=O) groups is 1. The van der Waals surface area contributed by atoms with Crippen LogP contribution in [0.5, 0.6) is 0 Å². The number of hydrogen-bond donors (Lipinski definition) is 1. The van der Waals surface area contributed by atoms with Crippen LogP contribution in [-0.4, -0.2) is 53.4 Å². The number of ether oxygens (including phenoxy) is 1. The van der Waals surface area contributed by atoms with Crippen molar-refractivity contribution in [1.29, 1.82) is 0 Å². The van der Waals surface area contributed by atoms with E-state index in [0.717, 1.165) is 0 Å². The highest BCUT2D eigenvalue weighted by atomic mass is 16.6. The van der Waals surface area contributed by atoms with Gasteiger partial charge in [-0.1, -0.05) is 0 Å². The molecule has 0 aromatic rings. The fraction of sp³-hybridized carbons (Fsp3) is 0.875. The number of likely N-dealkylation sites (tertiary alicyclic amines) is 1. The van der Waals surface area contributed by atoms with Crippen LogP contribution in [0.2, 0.25) is 0 Å². The first kappa shape index (κ1) is 11.7. The van der Waals surface area contributed by atoms with Crippen molar-refractivity contribution in [2.45, 2.75) is 18.4 Å². The molecule has 1 N–H and O–H groups in total. The summed E-state index contributed by atoms with van der Waals surface area (Å²) >= 11 is 0. The fourth-order valence-corrected chi connectivity index (χ4v) is 1.63. The highest BCUT2D eigenvalue weighted by molar-refractivity contribution is 5.67. The number of nitrogens with zero attached hydrogens (tertiary/aromatic N) is 2. The number of hydrogen-bond acceptors (Lipinski definition) is 5. The molecule has 15 heavy (non-hydrogen) atoms. The summed E-state index contributed by atoms with van der Waals surface area (Å²) in [4.78, 5) is 22.3. The molecule has 86 valence electrons. The third kappa shape index (κ3) is 3.05. The molecule has 0 bridgehead atoms. The molecular weight excluding hydrogens is 204 g/mol. The normalized spacial score (nSPS) is 19.7. The van der Waals surface area contributed by atoms with Gasteiger partial charge in [0.15, 0.2) is 0 Å². The number of rotatable bonds is 2. The van der Waals surface area contributed by atoms with E-state index >= 15 is 0 Å². The van der Waals surface area contributed by atoms with E-state index in [1.54, 1.807) is 0 Å². The van der Waals surface area contributed by atoms with Crippen LogP contribution in [-0.2, 0) is 4.74 Å². The highest BCUT2D eigenvalue weighted by Gasteiger charge is 2.38. The number of aliphatic hydroxyl groups is 1. The Morgan fingerprint density at radius 1 is 1.60 bits per heavy atom. The maximum atomic E-state index is 11.1. The van der Waals surface area contributed by atoms with Crippen molar-refractivity contribution in [3.63, 3.8) is 0 Å². The van der Waals surface area contributed by atoms with Crippen LogP contribution in [0.15, 0.2) is 0 Å². The topological polar surface area (TPSA) is 92.9 Å². The van der Waals surface area contributed by atoms with Crippen LogP contribution in [0.3, 0.4) is 0 Å². The molecule has 0 aliphatic carbocycles. The first-order chi connectivity index (χ1) is 6.97. The quantitative estimate of drug-likeness (QED) is 0.514. The minimum Gasteiger partial charge on any atom is -0.453 e. The second-order valence-corrected chi connectivity index (χ2v) is 3.67. The molecular formula is C8H14N2O5. The van der Waals surface area contributed by atoms with Crippen molar-refractivity contribution in [3.8, 4) is 0 Å². The molecule has 0 aromatic carbocycles. The lowest BCUT2D eigenvalue weighted by Gasteiger charge is -2.34. The zero-order chi connectivity index (χ0) is 11.5. The lowest BCUT2D eigenvalue weighted by Crippen LogP contribution is -2.49. The van der Waals surface area contributed by atoms with Gasteiger partial charge in [-0.25, -0.2) is 4.79 Å². The predicted molar refractivity (Wildman–Crippen MR) is 50.0 cm³/mol. The summed E-state index contributed by atoms with van der Waals surface area (Å²) in [5, 5.41) is 20.1. The van der Waals surface area contributed by atoms with E-state index in [1.165, 1.54) is 12.0 Å². The molecule has 7 nitrogen and oxygen atoms in total. The monoisotopic (exact) mass is 218 g/mol. The van der Waals surface area contributed by atoms with E-state index in [4.69, 9.17) is 0 Å². The van der Waals surface area contributed by atoms with Gasteiger partial charge in [0, 0.05) is 30.9 Å². The molecule has 1 aliphatic heterocycles. The van der Waals surface area contributed by atoms with E-state index in [1.807, 2.05) is 0 Å². The van der Waals surface area contributed by atoms with E-state index in [-0.39, 0.29) is 25.9 Å². The lowest BCUT2D eigenvalue weighted by molar-refractivity contribution is -0.502. The molecule has 1 aliphatic rings. The van der Waals surface area contributed by atoms with E-state index in [9.17, 15) is 20.0 Å². The molecule has 1 amide bonds. The zero-order valence-electron chi connectivity index (χ0n) is 8.51. The standard InChI is InChI=1S/C8H14N2O5/c1-15-7(11)9-4-2-8(12,3-5-9)6-10(13)14/h12H,2-6H2,1H3. The van der Waals surface area contributed by atoms with E-state index < -0.39 is 23.2 Å². The number of nitro groups is 1. The first-order valence-electron chi connectivity index (χ1n) is 4.64. The largest absolute Gasteiger partial charge is 0.453 e. The molecule has 0 atom stereocenters. The second kappa shape index (κ2) is 4.43. The van der Waals surface area contributed by atoms with Crippen LogP contribution in [0, 0.1) is 10.1 Å². The summed E-state index contributed by atoms with van der Waals surface area (Å²) in [7, 11) is 1.28.